The minimum atomic E-state index is -1.01. The molecule has 1 saturated heterocycles. The molecule has 21 heavy (non-hydrogen) atoms. The summed E-state index contributed by atoms with van der Waals surface area (Å²) in [5, 5.41) is 29.7. The van der Waals surface area contributed by atoms with Gasteiger partial charge in [-0.3, -0.25) is 10.1 Å². The van der Waals surface area contributed by atoms with E-state index in [1.165, 1.54) is 0 Å². The summed E-state index contributed by atoms with van der Waals surface area (Å²) in [6.07, 6.45) is 3.32. The van der Waals surface area contributed by atoms with Gasteiger partial charge < -0.3 is 14.9 Å². The van der Waals surface area contributed by atoms with Gasteiger partial charge in [0.25, 0.3) is 0 Å². The first-order chi connectivity index (χ1) is 9.88. The number of benzene rings is 1. The highest BCUT2D eigenvalue weighted by Crippen LogP contribution is 2.31. The number of piperidine rings is 1. The van der Waals surface area contributed by atoms with E-state index in [0.29, 0.717) is 12.1 Å². The molecule has 0 saturated carbocycles. The standard InChI is InChI=1S/C13H16BFN2O4/c1-14(19)16-4-2-3-9(8-16)5-10-6-11(15)13(18)12(7-10)17(20)21/h5-7,18-19H,2-4,8H2,1H3. The predicted octanol–water partition coefficient (Wildman–Crippen LogP) is 2.03. The molecule has 2 rings (SSSR count). The molecule has 0 aliphatic carbocycles. The largest absolute Gasteiger partial charge is 0.500 e. The van der Waals surface area contributed by atoms with Crippen molar-refractivity contribution in [3.8, 4) is 5.75 Å². The van der Waals surface area contributed by atoms with E-state index in [9.17, 15) is 24.6 Å². The van der Waals surface area contributed by atoms with Crippen LogP contribution in [0.1, 0.15) is 18.4 Å². The van der Waals surface area contributed by atoms with Gasteiger partial charge in [0.1, 0.15) is 0 Å². The Morgan fingerprint density at radius 1 is 1.52 bits per heavy atom. The van der Waals surface area contributed by atoms with Crippen molar-refractivity contribution < 1.29 is 19.4 Å². The lowest BCUT2D eigenvalue weighted by molar-refractivity contribution is -0.386. The molecule has 1 fully saturated rings. The molecule has 0 amide bonds. The molecule has 0 spiro atoms. The van der Waals surface area contributed by atoms with Gasteiger partial charge in [0.15, 0.2) is 5.82 Å². The first-order valence-electron chi connectivity index (χ1n) is 6.67. The van der Waals surface area contributed by atoms with E-state index >= 15 is 0 Å². The van der Waals surface area contributed by atoms with Crippen LogP contribution < -0.4 is 0 Å². The summed E-state index contributed by atoms with van der Waals surface area (Å²) in [4.78, 5) is 11.8. The maximum absolute atomic E-state index is 13.5. The Balaban J connectivity index is 2.30. The van der Waals surface area contributed by atoms with Crippen molar-refractivity contribution in [2.24, 2.45) is 0 Å². The summed E-state index contributed by atoms with van der Waals surface area (Å²) in [5.41, 5.74) is 0.644. The molecule has 112 valence electrons. The van der Waals surface area contributed by atoms with Crippen LogP contribution in [0, 0.1) is 15.9 Å². The van der Waals surface area contributed by atoms with E-state index in [2.05, 4.69) is 0 Å². The van der Waals surface area contributed by atoms with Crippen LogP contribution in [-0.4, -0.2) is 40.0 Å². The Bertz CT molecular complexity index is 592. The molecule has 1 aliphatic heterocycles. The SMILES string of the molecule is CB(O)N1CCCC(=Cc2cc(F)c(O)c([N+](=O)[O-])c2)C1. The van der Waals surface area contributed by atoms with Crippen molar-refractivity contribution in [2.45, 2.75) is 19.7 Å². The molecule has 6 nitrogen and oxygen atoms in total. The zero-order valence-electron chi connectivity index (χ0n) is 11.6. The number of aromatic hydroxyl groups is 1. The maximum Gasteiger partial charge on any atom is 0.376 e. The fourth-order valence-electron chi connectivity index (χ4n) is 2.43. The summed E-state index contributed by atoms with van der Waals surface area (Å²) < 4.78 is 13.5. The molecule has 0 radical (unpaired) electrons. The highest BCUT2D eigenvalue weighted by atomic mass is 19.1. The van der Waals surface area contributed by atoms with Gasteiger partial charge in [0, 0.05) is 12.6 Å². The number of nitro benzene ring substituents is 1. The first kappa shape index (κ1) is 15.5. The van der Waals surface area contributed by atoms with E-state index < -0.39 is 29.2 Å². The zero-order valence-corrected chi connectivity index (χ0v) is 11.6. The van der Waals surface area contributed by atoms with Crippen LogP contribution in [0.25, 0.3) is 6.08 Å². The van der Waals surface area contributed by atoms with Crippen molar-refractivity contribution >= 4 is 18.8 Å². The van der Waals surface area contributed by atoms with E-state index in [-0.39, 0.29) is 0 Å². The third kappa shape index (κ3) is 3.59. The number of rotatable bonds is 3. The summed E-state index contributed by atoms with van der Waals surface area (Å²) in [5.74, 6) is -1.96. The molecular weight excluding hydrogens is 278 g/mol. The first-order valence-corrected chi connectivity index (χ1v) is 6.67. The lowest BCUT2D eigenvalue weighted by Crippen LogP contribution is -2.41. The Hall–Kier alpha value is -1.93. The topological polar surface area (TPSA) is 86.8 Å². The van der Waals surface area contributed by atoms with Gasteiger partial charge in [0.05, 0.1) is 4.92 Å². The summed E-state index contributed by atoms with van der Waals surface area (Å²) >= 11 is 0. The number of nitrogens with zero attached hydrogens (tertiary/aromatic N) is 2. The van der Waals surface area contributed by atoms with Crippen LogP contribution in [0.5, 0.6) is 5.75 Å². The van der Waals surface area contributed by atoms with Crippen LogP contribution >= 0.6 is 0 Å². The molecular formula is C13H16BFN2O4. The molecule has 0 unspecified atom stereocenters. The number of hydrogen-bond acceptors (Lipinski definition) is 5. The highest BCUT2D eigenvalue weighted by Gasteiger charge is 2.22. The van der Waals surface area contributed by atoms with Gasteiger partial charge in [-0.1, -0.05) is 11.6 Å². The molecule has 2 N–H and O–H groups in total. The number of nitro groups is 1. The lowest BCUT2D eigenvalue weighted by Gasteiger charge is -2.29. The van der Waals surface area contributed by atoms with Gasteiger partial charge >= 0.3 is 12.7 Å². The quantitative estimate of drug-likeness (QED) is 0.506. The summed E-state index contributed by atoms with van der Waals surface area (Å²) in [7, 11) is -0.570. The summed E-state index contributed by atoms with van der Waals surface area (Å²) in [6.45, 7) is 2.99. The minimum Gasteiger partial charge on any atom is -0.500 e. The van der Waals surface area contributed by atoms with Gasteiger partial charge in [-0.25, -0.2) is 4.39 Å². The van der Waals surface area contributed by atoms with Crippen molar-refractivity contribution in [1.29, 1.82) is 0 Å². The van der Waals surface area contributed by atoms with Crippen LogP contribution in [0.2, 0.25) is 6.82 Å². The van der Waals surface area contributed by atoms with E-state index in [4.69, 9.17) is 0 Å². The van der Waals surface area contributed by atoms with Crippen molar-refractivity contribution in [2.75, 3.05) is 13.1 Å². The van der Waals surface area contributed by atoms with Crippen molar-refractivity contribution in [1.82, 2.24) is 4.81 Å². The third-order valence-corrected chi connectivity index (χ3v) is 3.51. The highest BCUT2D eigenvalue weighted by molar-refractivity contribution is 6.45. The fourth-order valence-corrected chi connectivity index (χ4v) is 2.43. The molecule has 0 aromatic heterocycles. The molecule has 0 bridgehead atoms. The van der Waals surface area contributed by atoms with Crippen molar-refractivity contribution in [3.05, 3.63) is 39.2 Å². The van der Waals surface area contributed by atoms with Crippen molar-refractivity contribution in [3.63, 3.8) is 0 Å². The Kier molecular flexibility index (Phi) is 4.59. The average molecular weight is 294 g/mol. The Morgan fingerprint density at radius 3 is 2.86 bits per heavy atom. The van der Waals surface area contributed by atoms with Gasteiger partial charge in [-0.2, -0.15) is 0 Å². The number of phenols is 1. The van der Waals surface area contributed by atoms with E-state index in [1.807, 2.05) is 4.81 Å². The lowest BCUT2D eigenvalue weighted by atomic mass is 9.82. The average Bonchev–Trinajstić information content (AvgIpc) is 2.42. The minimum absolute atomic E-state index is 0.333. The zero-order chi connectivity index (χ0) is 15.6. The van der Waals surface area contributed by atoms with Crippen LogP contribution in [0.4, 0.5) is 10.1 Å². The second-order valence-corrected chi connectivity index (χ2v) is 5.14. The Labute approximate surface area is 121 Å². The monoisotopic (exact) mass is 294 g/mol. The normalized spacial score (nSPS) is 18.0. The molecule has 1 aliphatic rings. The van der Waals surface area contributed by atoms with Gasteiger partial charge in [-0.05, 0) is 37.8 Å². The molecule has 0 atom stereocenters. The molecule has 1 aromatic carbocycles. The Morgan fingerprint density at radius 2 is 2.24 bits per heavy atom. The van der Waals surface area contributed by atoms with Gasteiger partial charge in [-0.15, -0.1) is 0 Å². The van der Waals surface area contributed by atoms with Crippen LogP contribution in [0.3, 0.4) is 0 Å². The second kappa shape index (κ2) is 6.23. The van der Waals surface area contributed by atoms with Crippen LogP contribution in [0.15, 0.2) is 17.7 Å². The molecule has 1 aromatic rings. The molecule has 1 heterocycles. The maximum atomic E-state index is 13.5. The van der Waals surface area contributed by atoms with Crippen LogP contribution in [-0.2, 0) is 0 Å². The number of phenolic OH excluding ortho intramolecular Hbond substituents is 1. The predicted molar refractivity (Wildman–Crippen MR) is 77.3 cm³/mol. The number of halogens is 1. The van der Waals surface area contributed by atoms with Gasteiger partial charge in [0.2, 0.25) is 5.75 Å². The molecule has 8 heteroatoms. The smallest absolute Gasteiger partial charge is 0.376 e. The second-order valence-electron chi connectivity index (χ2n) is 5.14. The van der Waals surface area contributed by atoms with E-state index in [0.717, 1.165) is 37.1 Å². The fraction of sp³-hybridized carbons (Fsp3) is 0.385. The third-order valence-electron chi connectivity index (χ3n) is 3.51. The summed E-state index contributed by atoms with van der Waals surface area (Å²) in [6, 6.07) is 2.21. The number of hydrogen-bond donors (Lipinski definition) is 2. The van der Waals surface area contributed by atoms with E-state index in [1.54, 1.807) is 12.9 Å².